The summed E-state index contributed by atoms with van der Waals surface area (Å²) in [6.45, 7) is 7.05. The summed E-state index contributed by atoms with van der Waals surface area (Å²) >= 11 is 0. The second kappa shape index (κ2) is 11.1. The molecule has 0 amide bonds. The van der Waals surface area contributed by atoms with Gasteiger partial charge in [-0.2, -0.15) is 0 Å². The second-order valence-corrected chi connectivity index (χ2v) is 5.85. The number of benzene rings is 1. The zero-order chi connectivity index (χ0) is 16.5. The molecule has 0 aliphatic heterocycles. The minimum atomic E-state index is 0. The van der Waals surface area contributed by atoms with Gasteiger partial charge in [-0.3, -0.25) is 4.99 Å². The van der Waals surface area contributed by atoms with Gasteiger partial charge in [-0.25, -0.2) is 4.98 Å². The summed E-state index contributed by atoms with van der Waals surface area (Å²) in [7, 11) is 1.81. The van der Waals surface area contributed by atoms with Crippen molar-refractivity contribution in [3.8, 4) is 0 Å². The molecule has 0 saturated heterocycles. The Labute approximate surface area is 162 Å². The first-order valence-electron chi connectivity index (χ1n) is 8.16. The van der Waals surface area contributed by atoms with Crippen LogP contribution in [0.4, 0.5) is 0 Å². The number of guanidine groups is 1. The number of aromatic nitrogens is 2. The zero-order valence-electron chi connectivity index (χ0n) is 14.7. The quantitative estimate of drug-likeness (QED) is 0.301. The average Bonchev–Trinajstić information content (AvgIpc) is 3.08. The van der Waals surface area contributed by atoms with Gasteiger partial charge in [0.15, 0.2) is 5.96 Å². The minimum Gasteiger partial charge on any atom is -0.356 e. The molecule has 1 unspecified atom stereocenters. The summed E-state index contributed by atoms with van der Waals surface area (Å²) < 4.78 is 2.08. The average molecular weight is 441 g/mol. The first kappa shape index (κ1) is 20.5. The molecule has 1 aromatic carbocycles. The maximum Gasteiger partial charge on any atom is 0.190 e. The lowest BCUT2D eigenvalue weighted by molar-refractivity contribution is 0.620. The van der Waals surface area contributed by atoms with Crippen molar-refractivity contribution in [3.05, 3.63) is 54.1 Å². The summed E-state index contributed by atoms with van der Waals surface area (Å²) in [5.74, 6) is 1.30. The molecule has 0 radical (unpaired) electrons. The Morgan fingerprint density at radius 2 is 2.00 bits per heavy atom. The lowest BCUT2D eigenvalue weighted by atomic mass is 10.0. The van der Waals surface area contributed by atoms with E-state index in [9.17, 15) is 0 Å². The molecule has 5 nitrogen and oxygen atoms in total. The van der Waals surface area contributed by atoms with Crippen molar-refractivity contribution in [3.63, 3.8) is 0 Å². The monoisotopic (exact) mass is 441 g/mol. The fourth-order valence-electron chi connectivity index (χ4n) is 2.37. The SMILES string of the molecule is CN=C(NCCCn1ccnc1)NCC(C)c1ccc(C)cc1.I. The first-order chi connectivity index (χ1) is 11.2. The number of aryl methyl sites for hydroxylation is 2. The Balaban J connectivity index is 0.00000288. The molecule has 0 saturated carbocycles. The number of imidazole rings is 1. The van der Waals surface area contributed by atoms with Crippen LogP contribution in [0.2, 0.25) is 0 Å². The van der Waals surface area contributed by atoms with Crippen molar-refractivity contribution in [2.24, 2.45) is 4.99 Å². The largest absolute Gasteiger partial charge is 0.356 e. The number of hydrogen-bond donors (Lipinski definition) is 2. The minimum absolute atomic E-state index is 0. The van der Waals surface area contributed by atoms with E-state index < -0.39 is 0 Å². The Hall–Kier alpha value is -1.57. The van der Waals surface area contributed by atoms with Gasteiger partial charge in [0.05, 0.1) is 6.33 Å². The van der Waals surface area contributed by atoms with Crippen LogP contribution in [0.3, 0.4) is 0 Å². The van der Waals surface area contributed by atoms with E-state index in [1.165, 1.54) is 11.1 Å². The van der Waals surface area contributed by atoms with E-state index in [1.54, 1.807) is 6.20 Å². The van der Waals surface area contributed by atoms with E-state index >= 15 is 0 Å². The highest BCUT2D eigenvalue weighted by Gasteiger charge is 2.06. The molecule has 0 aliphatic rings. The van der Waals surface area contributed by atoms with Crippen LogP contribution < -0.4 is 10.6 Å². The number of rotatable bonds is 7. The molecule has 1 aromatic heterocycles. The van der Waals surface area contributed by atoms with Gasteiger partial charge in [0.25, 0.3) is 0 Å². The van der Waals surface area contributed by atoms with Crippen LogP contribution in [0.5, 0.6) is 0 Å². The van der Waals surface area contributed by atoms with Crippen molar-refractivity contribution in [1.29, 1.82) is 0 Å². The van der Waals surface area contributed by atoms with Crippen LogP contribution in [0.1, 0.15) is 30.4 Å². The maximum absolute atomic E-state index is 4.28. The number of aliphatic imine (C=N–C) groups is 1. The molecule has 2 rings (SSSR count). The molecule has 0 bridgehead atoms. The van der Waals surface area contributed by atoms with Gasteiger partial charge in [0.2, 0.25) is 0 Å². The molecule has 1 atom stereocenters. The molecule has 1 heterocycles. The van der Waals surface area contributed by atoms with Gasteiger partial charge in [0.1, 0.15) is 0 Å². The Morgan fingerprint density at radius 1 is 1.25 bits per heavy atom. The third-order valence-corrected chi connectivity index (χ3v) is 3.89. The van der Waals surface area contributed by atoms with Crippen molar-refractivity contribution in [2.45, 2.75) is 32.7 Å². The fraction of sp³-hybridized carbons (Fsp3) is 0.444. The van der Waals surface area contributed by atoms with Crippen LogP contribution in [-0.4, -0.2) is 35.6 Å². The van der Waals surface area contributed by atoms with Crippen LogP contribution in [0.25, 0.3) is 0 Å². The maximum atomic E-state index is 4.28. The predicted octanol–water partition coefficient (Wildman–Crippen LogP) is 3.17. The summed E-state index contributed by atoms with van der Waals surface area (Å²) in [6.07, 6.45) is 6.66. The molecule has 24 heavy (non-hydrogen) atoms. The van der Waals surface area contributed by atoms with Gasteiger partial charge in [-0.05, 0) is 24.8 Å². The van der Waals surface area contributed by atoms with Crippen molar-refractivity contribution < 1.29 is 0 Å². The highest BCUT2D eigenvalue weighted by molar-refractivity contribution is 14.0. The van der Waals surface area contributed by atoms with E-state index in [4.69, 9.17) is 0 Å². The third kappa shape index (κ3) is 6.90. The standard InChI is InChI=1S/C18H27N5.HI/c1-15-5-7-17(8-6-15)16(2)13-22-18(19-3)21-9-4-11-23-12-10-20-14-23;/h5-8,10,12,14,16H,4,9,11,13H2,1-3H3,(H2,19,21,22);1H. The third-order valence-electron chi connectivity index (χ3n) is 3.89. The number of halogens is 1. The van der Waals surface area contributed by atoms with Gasteiger partial charge in [-0.1, -0.05) is 36.8 Å². The van der Waals surface area contributed by atoms with Gasteiger partial charge < -0.3 is 15.2 Å². The van der Waals surface area contributed by atoms with Crippen LogP contribution in [0.15, 0.2) is 48.0 Å². The van der Waals surface area contributed by atoms with Crippen LogP contribution in [-0.2, 0) is 6.54 Å². The molecule has 6 heteroatoms. The number of nitrogens with zero attached hydrogens (tertiary/aromatic N) is 3. The second-order valence-electron chi connectivity index (χ2n) is 5.85. The Kier molecular flexibility index (Phi) is 9.44. The highest BCUT2D eigenvalue weighted by atomic mass is 127. The fourth-order valence-corrected chi connectivity index (χ4v) is 2.37. The molecule has 0 fully saturated rings. The summed E-state index contributed by atoms with van der Waals surface area (Å²) in [5.41, 5.74) is 2.64. The van der Waals surface area contributed by atoms with Crippen molar-refractivity contribution in [2.75, 3.05) is 20.1 Å². The smallest absolute Gasteiger partial charge is 0.190 e. The molecule has 132 valence electrons. The molecule has 2 aromatic rings. The van der Waals surface area contributed by atoms with Crippen molar-refractivity contribution >= 4 is 29.9 Å². The lowest BCUT2D eigenvalue weighted by Gasteiger charge is -2.16. The predicted molar refractivity (Wildman–Crippen MR) is 111 cm³/mol. The summed E-state index contributed by atoms with van der Waals surface area (Å²) in [4.78, 5) is 8.32. The molecular weight excluding hydrogens is 413 g/mol. The van der Waals surface area contributed by atoms with E-state index in [-0.39, 0.29) is 24.0 Å². The van der Waals surface area contributed by atoms with E-state index in [2.05, 4.69) is 63.3 Å². The van der Waals surface area contributed by atoms with E-state index in [0.29, 0.717) is 5.92 Å². The normalized spacial score (nSPS) is 12.4. The molecule has 2 N–H and O–H groups in total. The Bertz CT molecular complexity index is 592. The molecular formula is C18H28IN5. The van der Waals surface area contributed by atoms with E-state index in [0.717, 1.165) is 32.0 Å². The molecule has 0 spiro atoms. The summed E-state index contributed by atoms with van der Waals surface area (Å²) in [6, 6.07) is 8.72. The van der Waals surface area contributed by atoms with Gasteiger partial charge >= 0.3 is 0 Å². The highest BCUT2D eigenvalue weighted by Crippen LogP contribution is 2.14. The summed E-state index contributed by atoms with van der Waals surface area (Å²) in [5, 5.41) is 6.75. The topological polar surface area (TPSA) is 54.2 Å². The molecule has 0 aliphatic carbocycles. The Morgan fingerprint density at radius 3 is 2.62 bits per heavy atom. The van der Waals surface area contributed by atoms with Crippen molar-refractivity contribution in [1.82, 2.24) is 20.2 Å². The number of nitrogens with one attached hydrogen (secondary N) is 2. The first-order valence-corrected chi connectivity index (χ1v) is 8.16. The van der Waals surface area contributed by atoms with Gasteiger partial charge in [-0.15, -0.1) is 24.0 Å². The van der Waals surface area contributed by atoms with Crippen LogP contribution in [0, 0.1) is 6.92 Å². The number of hydrogen-bond acceptors (Lipinski definition) is 2. The zero-order valence-corrected chi connectivity index (χ0v) is 17.0. The van der Waals surface area contributed by atoms with Gasteiger partial charge in [0, 0.05) is 39.1 Å². The van der Waals surface area contributed by atoms with E-state index in [1.807, 2.05) is 19.6 Å². The van der Waals surface area contributed by atoms with Crippen LogP contribution >= 0.6 is 24.0 Å². The lowest BCUT2D eigenvalue weighted by Crippen LogP contribution is -2.39.